The van der Waals surface area contributed by atoms with Crippen molar-refractivity contribution in [1.29, 1.82) is 0 Å². The van der Waals surface area contributed by atoms with Gasteiger partial charge in [0.2, 0.25) is 0 Å². The molecule has 0 aromatic carbocycles. The van der Waals surface area contributed by atoms with E-state index in [0.29, 0.717) is 21.2 Å². The quantitative estimate of drug-likeness (QED) is 0.665. The molecule has 1 nitrogen and oxygen atoms in total. The Balaban J connectivity index is 5.23. The zero-order valence-electron chi connectivity index (χ0n) is 13.8. The Morgan fingerprint density at radius 1 is 0.824 bits per heavy atom. The molecule has 0 N–H and O–H groups in total. The minimum absolute atomic E-state index is 0.327. The molecule has 0 aliphatic carbocycles. The van der Waals surface area contributed by atoms with Crippen molar-refractivity contribution in [2.24, 2.45) is 0 Å². The fourth-order valence-corrected chi connectivity index (χ4v) is 15.2. The van der Waals surface area contributed by atoms with E-state index in [-0.39, 0.29) is 0 Å². The average Bonchev–Trinajstić information content (AvgIpc) is 1.97. The zero-order valence-corrected chi connectivity index (χ0v) is 16.2. The molecule has 0 rings (SSSR count). The van der Waals surface area contributed by atoms with E-state index >= 15 is 0 Å². The van der Waals surface area contributed by atoms with Crippen molar-refractivity contribution in [1.82, 2.24) is 0 Å². The van der Waals surface area contributed by atoms with Gasteiger partial charge in [0.1, 0.15) is 0 Å². The van der Waals surface area contributed by atoms with E-state index in [1.54, 1.807) is 0 Å². The standard InChI is InChI=1S/C14H34OSi2/c1-11(2)17(12(3)4,14(8,9)10)15-16-13(5,6)7/h11-12H,16H2,1-10H3. The third-order valence-corrected chi connectivity index (χ3v) is 12.8. The van der Waals surface area contributed by atoms with Gasteiger partial charge in [-0.05, 0) is 21.2 Å². The highest BCUT2D eigenvalue weighted by molar-refractivity contribution is 6.82. The lowest BCUT2D eigenvalue weighted by Crippen LogP contribution is -2.54. The van der Waals surface area contributed by atoms with E-state index in [4.69, 9.17) is 4.12 Å². The summed E-state index contributed by atoms with van der Waals surface area (Å²) in [7, 11) is -2.16. The van der Waals surface area contributed by atoms with Crippen LogP contribution in [0.3, 0.4) is 0 Å². The second-order valence-corrected chi connectivity index (χ2v) is 17.2. The fraction of sp³-hybridized carbons (Fsp3) is 1.00. The first-order valence-corrected chi connectivity index (χ1v) is 10.3. The van der Waals surface area contributed by atoms with Gasteiger partial charge in [-0.3, -0.25) is 0 Å². The maximum absolute atomic E-state index is 6.76. The van der Waals surface area contributed by atoms with Gasteiger partial charge in [0, 0.05) is 0 Å². The zero-order chi connectivity index (χ0) is 14.1. The van der Waals surface area contributed by atoms with Gasteiger partial charge >= 0.3 is 0 Å². The molecule has 0 heterocycles. The van der Waals surface area contributed by atoms with Crippen LogP contribution in [0.15, 0.2) is 0 Å². The molecule has 17 heavy (non-hydrogen) atoms. The van der Waals surface area contributed by atoms with Crippen LogP contribution in [0.2, 0.25) is 21.2 Å². The second kappa shape index (κ2) is 5.58. The lowest BCUT2D eigenvalue weighted by atomic mass is 10.2. The van der Waals surface area contributed by atoms with Gasteiger partial charge in [0.15, 0.2) is 18.1 Å². The highest BCUT2D eigenvalue weighted by atomic mass is 28.4. The number of hydrogen-bond donors (Lipinski definition) is 0. The lowest BCUT2D eigenvalue weighted by Gasteiger charge is -2.49. The monoisotopic (exact) mass is 274 g/mol. The van der Waals surface area contributed by atoms with Gasteiger partial charge in [-0.1, -0.05) is 69.2 Å². The molecule has 0 atom stereocenters. The Bertz CT molecular complexity index is 226. The Morgan fingerprint density at radius 2 is 1.18 bits per heavy atom. The van der Waals surface area contributed by atoms with E-state index in [2.05, 4.69) is 69.2 Å². The summed E-state index contributed by atoms with van der Waals surface area (Å²) < 4.78 is 6.76. The van der Waals surface area contributed by atoms with E-state index in [9.17, 15) is 0 Å². The highest BCUT2D eigenvalue weighted by Gasteiger charge is 2.51. The SMILES string of the molecule is CC(C)[Si](O[SiH2]C(C)(C)C)(C(C)C)C(C)(C)C. The topological polar surface area (TPSA) is 9.23 Å². The molecule has 0 aromatic rings. The van der Waals surface area contributed by atoms with Crippen molar-refractivity contribution in [2.75, 3.05) is 0 Å². The van der Waals surface area contributed by atoms with E-state index in [0.717, 1.165) is 0 Å². The number of hydrogen-bond acceptors (Lipinski definition) is 1. The molecule has 0 unspecified atom stereocenters. The predicted octanol–water partition coefficient (Wildman–Crippen LogP) is 4.87. The molecule has 0 aliphatic rings. The lowest BCUT2D eigenvalue weighted by molar-refractivity contribution is 0.441. The summed E-state index contributed by atoms with van der Waals surface area (Å²) in [5.74, 6) is 0. The van der Waals surface area contributed by atoms with Crippen molar-refractivity contribution >= 4 is 18.1 Å². The molecular weight excluding hydrogens is 240 g/mol. The summed E-state index contributed by atoms with van der Waals surface area (Å²) in [5.41, 5.74) is 1.38. The van der Waals surface area contributed by atoms with Crippen molar-refractivity contribution in [3.05, 3.63) is 0 Å². The van der Waals surface area contributed by atoms with Crippen LogP contribution in [-0.4, -0.2) is 18.1 Å². The third kappa shape index (κ3) is 4.21. The number of rotatable bonds is 4. The fourth-order valence-electron chi connectivity index (χ4n) is 3.28. The molecule has 0 saturated heterocycles. The molecule has 0 fully saturated rings. The van der Waals surface area contributed by atoms with Gasteiger partial charge < -0.3 is 4.12 Å². The maximum atomic E-state index is 6.76. The summed E-state index contributed by atoms with van der Waals surface area (Å²) in [6, 6.07) is 0. The first kappa shape index (κ1) is 17.4. The molecule has 0 aromatic heterocycles. The van der Waals surface area contributed by atoms with Crippen LogP contribution in [-0.2, 0) is 4.12 Å². The van der Waals surface area contributed by atoms with Crippen LogP contribution in [0.25, 0.3) is 0 Å². The molecule has 0 bridgehead atoms. The first-order chi connectivity index (χ1) is 7.34. The van der Waals surface area contributed by atoms with Crippen LogP contribution in [0.1, 0.15) is 69.2 Å². The largest absolute Gasteiger partial charge is 0.459 e. The normalized spacial score (nSPS) is 15.5. The highest BCUT2D eigenvalue weighted by Crippen LogP contribution is 2.51. The van der Waals surface area contributed by atoms with Gasteiger partial charge in [-0.15, -0.1) is 0 Å². The molecule has 0 radical (unpaired) electrons. The second-order valence-electron chi connectivity index (χ2n) is 8.20. The van der Waals surface area contributed by atoms with Gasteiger partial charge in [0.05, 0.1) is 0 Å². The summed E-state index contributed by atoms with van der Waals surface area (Å²) in [4.78, 5) is 0. The third-order valence-electron chi connectivity index (χ3n) is 3.63. The van der Waals surface area contributed by atoms with Crippen molar-refractivity contribution in [3.63, 3.8) is 0 Å². The van der Waals surface area contributed by atoms with Crippen LogP contribution in [0.4, 0.5) is 0 Å². The molecule has 104 valence electrons. The van der Waals surface area contributed by atoms with Crippen LogP contribution >= 0.6 is 0 Å². The molecule has 0 spiro atoms. The molecule has 0 aliphatic heterocycles. The van der Waals surface area contributed by atoms with Gasteiger partial charge in [-0.2, -0.15) is 0 Å². The summed E-state index contributed by atoms with van der Waals surface area (Å²) in [6.07, 6.45) is 0. The Kier molecular flexibility index (Phi) is 5.71. The van der Waals surface area contributed by atoms with E-state index in [1.807, 2.05) is 0 Å². The molecule has 0 amide bonds. The van der Waals surface area contributed by atoms with E-state index in [1.165, 1.54) is 0 Å². The van der Waals surface area contributed by atoms with Crippen molar-refractivity contribution < 1.29 is 4.12 Å². The van der Waals surface area contributed by atoms with Crippen LogP contribution < -0.4 is 0 Å². The predicted molar refractivity (Wildman–Crippen MR) is 85.0 cm³/mol. The minimum atomic E-state index is -1.70. The van der Waals surface area contributed by atoms with E-state index < -0.39 is 18.1 Å². The van der Waals surface area contributed by atoms with Crippen LogP contribution in [0, 0.1) is 0 Å². The first-order valence-electron chi connectivity index (χ1n) is 6.98. The Labute approximate surface area is 113 Å². The smallest absolute Gasteiger partial charge is 0.189 e. The summed E-state index contributed by atoms with van der Waals surface area (Å²) in [5, 5.41) is 0.723. The molecular formula is C14H34OSi2. The van der Waals surface area contributed by atoms with Crippen LogP contribution in [0.5, 0.6) is 0 Å². The molecule has 0 saturated carbocycles. The van der Waals surface area contributed by atoms with Crippen molar-refractivity contribution in [3.8, 4) is 0 Å². The van der Waals surface area contributed by atoms with Gasteiger partial charge in [0.25, 0.3) is 0 Å². The average molecular weight is 275 g/mol. The molecule has 3 heteroatoms. The maximum Gasteiger partial charge on any atom is 0.189 e. The summed E-state index contributed by atoms with van der Waals surface area (Å²) >= 11 is 0. The summed E-state index contributed by atoms with van der Waals surface area (Å²) in [6.45, 7) is 23.6. The minimum Gasteiger partial charge on any atom is -0.459 e. The Hall–Kier alpha value is 0.394. The van der Waals surface area contributed by atoms with Crippen molar-refractivity contribution in [2.45, 2.75) is 90.4 Å². The van der Waals surface area contributed by atoms with Gasteiger partial charge in [-0.25, -0.2) is 0 Å². The Morgan fingerprint density at radius 3 is 1.35 bits per heavy atom.